The minimum Gasteiger partial charge on any atom is -0.507 e. The van der Waals surface area contributed by atoms with Crippen molar-refractivity contribution in [3.05, 3.63) is 36.0 Å². The lowest BCUT2D eigenvalue weighted by atomic mass is 10.2. The predicted molar refractivity (Wildman–Crippen MR) is 70.1 cm³/mol. The first kappa shape index (κ1) is 14.3. The summed E-state index contributed by atoms with van der Waals surface area (Å²) in [6.45, 7) is 0.296. The summed E-state index contributed by atoms with van der Waals surface area (Å²) < 4.78 is 4.55. The molecule has 0 atom stereocenters. The van der Waals surface area contributed by atoms with Crippen LogP contribution in [0.3, 0.4) is 0 Å². The van der Waals surface area contributed by atoms with Gasteiger partial charge in [0, 0.05) is 24.7 Å². The number of aromatic hydroxyl groups is 1. The topological polar surface area (TPSA) is 138 Å². The van der Waals surface area contributed by atoms with E-state index in [1.165, 1.54) is 18.5 Å². The number of carbonyl (C=O) groups is 2. The van der Waals surface area contributed by atoms with Crippen LogP contribution in [0.2, 0.25) is 0 Å². The van der Waals surface area contributed by atoms with Gasteiger partial charge in [-0.25, -0.2) is 9.59 Å². The van der Waals surface area contributed by atoms with Crippen molar-refractivity contribution in [3.8, 4) is 5.75 Å². The van der Waals surface area contributed by atoms with Crippen molar-refractivity contribution in [2.24, 2.45) is 0 Å². The molecule has 0 spiro atoms. The number of carboxylic acid groups (broad SMARTS) is 1. The minimum atomic E-state index is -1.25. The normalized spacial score (nSPS) is 10.1. The summed E-state index contributed by atoms with van der Waals surface area (Å²) in [6.07, 6.45) is 1.61. The first-order chi connectivity index (χ1) is 10.1. The Bertz CT molecular complexity index is 641. The zero-order chi connectivity index (χ0) is 15.2. The Morgan fingerprint density at radius 3 is 2.76 bits per heavy atom. The Kier molecular flexibility index (Phi) is 4.34. The number of phenols is 1. The molecule has 0 saturated carbocycles. The number of anilines is 1. The zero-order valence-electron chi connectivity index (χ0n) is 10.7. The van der Waals surface area contributed by atoms with Crippen molar-refractivity contribution >= 4 is 17.7 Å². The predicted octanol–water partition coefficient (Wildman–Crippen LogP) is 0.838. The van der Waals surface area contributed by atoms with Crippen molar-refractivity contribution in [1.82, 2.24) is 15.5 Å². The van der Waals surface area contributed by atoms with Gasteiger partial charge in [0.05, 0.1) is 0 Å². The maximum absolute atomic E-state index is 11.6. The molecule has 2 amide bonds. The van der Waals surface area contributed by atoms with Gasteiger partial charge in [-0.15, -0.1) is 0 Å². The van der Waals surface area contributed by atoms with E-state index in [1.54, 1.807) is 0 Å². The molecule has 2 aromatic rings. The summed E-state index contributed by atoms with van der Waals surface area (Å²) in [7, 11) is 0. The van der Waals surface area contributed by atoms with Crippen LogP contribution in [-0.2, 0) is 6.42 Å². The van der Waals surface area contributed by atoms with Crippen LogP contribution in [0.5, 0.6) is 5.75 Å². The Hall–Kier alpha value is -3.10. The van der Waals surface area contributed by atoms with Crippen LogP contribution in [-0.4, -0.2) is 38.9 Å². The fourth-order valence-corrected chi connectivity index (χ4v) is 1.56. The minimum absolute atomic E-state index is 0.238. The molecule has 9 nitrogen and oxygen atoms in total. The molecule has 9 heteroatoms. The van der Waals surface area contributed by atoms with Crippen LogP contribution in [0.15, 0.2) is 29.1 Å². The van der Waals surface area contributed by atoms with Gasteiger partial charge in [-0.1, -0.05) is 5.16 Å². The number of urea groups is 1. The number of benzene rings is 1. The number of nitrogens with one attached hydrogen (secondary N) is 2. The maximum atomic E-state index is 11.6. The molecule has 4 N–H and O–H groups in total. The largest absolute Gasteiger partial charge is 0.507 e. The van der Waals surface area contributed by atoms with Crippen molar-refractivity contribution in [3.63, 3.8) is 0 Å². The Balaban J connectivity index is 1.85. The van der Waals surface area contributed by atoms with Gasteiger partial charge in [0.25, 0.3) is 0 Å². The van der Waals surface area contributed by atoms with Gasteiger partial charge in [0.2, 0.25) is 6.39 Å². The first-order valence-electron chi connectivity index (χ1n) is 5.92. The van der Waals surface area contributed by atoms with E-state index in [0.717, 1.165) is 6.07 Å². The van der Waals surface area contributed by atoms with Crippen molar-refractivity contribution < 1.29 is 24.3 Å². The van der Waals surface area contributed by atoms with Gasteiger partial charge in [-0.3, -0.25) is 0 Å². The van der Waals surface area contributed by atoms with Crippen LogP contribution in [0, 0.1) is 0 Å². The van der Waals surface area contributed by atoms with Crippen molar-refractivity contribution in [2.45, 2.75) is 6.42 Å². The van der Waals surface area contributed by atoms with Gasteiger partial charge in [0.1, 0.15) is 11.3 Å². The molecule has 1 aromatic carbocycles. The third-order valence-electron chi connectivity index (χ3n) is 2.53. The van der Waals surface area contributed by atoms with E-state index in [0.29, 0.717) is 18.8 Å². The van der Waals surface area contributed by atoms with Crippen molar-refractivity contribution in [2.75, 3.05) is 11.9 Å². The van der Waals surface area contributed by atoms with Crippen molar-refractivity contribution in [1.29, 1.82) is 0 Å². The molecule has 110 valence electrons. The molecule has 0 aliphatic heterocycles. The monoisotopic (exact) mass is 292 g/mol. The highest BCUT2D eigenvalue weighted by molar-refractivity contribution is 5.93. The number of hydrogen-bond acceptors (Lipinski definition) is 6. The maximum Gasteiger partial charge on any atom is 0.339 e. The summed E-state index contributed by atoms with van der Waals surface area (Å²) in [5, 5.41) is 26.9. The van der Waals surface area contributed by atoms with Crippen LogP contribution >= 0.6 is 0 Å². The molecule has 0 aliphatic rings. The fourth-order valence-electron chi connectivity index (χ4n) is 1.56. The SMILES string of the molecule is O=C(NCCc1ncon1)Nc1ccc(C(=O)O)c(O)c1. The summed E-state index contributed by atoms with van der Waals surface area (Å²) in [6, 6.07) is 3.23. The summed E-state index contributed by atoms with van der Waals surface area (Å²) in [5.74, 6) is -1.20. The summed E-state index contributed by atoms with van der Waals surface area (Å²) in [5.41, 5.74) is 0.0348. The average Bonchev–Trinajstić information content (AvgIpc) is 2.91. The summed E-state index contributed by atoms with van der Waals surface area (Å²) in [4.78, 5) is 26.1. The lowest BCUT2D eigenvalue weighted by Gasteiger charge is -2.08. The molecule has 0 fully saturated rings. The molecule has 2 rings (SSSR count). The zero-order valence-corrected chi connectivity index (χ0v) is 10.7. The van der Waals surface area contributed by atoms with E-state index in [9.17, 15) is 14.7 Å². The standard InChI is InChI=1S/C12H12N4O5/c17-9-5-7(1-2-8(9)11(18)19)15-12(20)13-4-3-10-14-6-21-16-10/h1-2,5-6,17H,3-4H2,(H,18,19)(H2,13,15,20). The number of hydrogen-bond donors (Lipinski definition) is 4. The highest BCUT2D eigenvalue weighted by atomic mass is 16.5. The van der Waals surface area contributed by atoms with Crippen LogP contribution in [0.25, 0.3) is 0 Å². The molecule has 0 bridgehead atoms. The number of aromatic carboxylic acids is 1. The van der Waals surface area contributed by atoms with Gasteiger partial charge in [-0.05, 0) is 12.1 Å². The Morgan fingerprint density at radius 1 is 1.33 bits per heavy atom. The molecule has 0 saturated heterocycles. The lowest BCUT2D eigenvalue weighted by Crippen LogP contribution is -2.30. The number of carbonyl (C=O) groups excluding carboxylic acids is 1. The Morgan fingerprint density at radius 2 is 2.14 bits per heavy atom. The molecular formula is C12H12N4O5. The third kappa shape index (κ3) is 3.93. The van der Waals surface area contributed by atoms with Gasteiger partial charge >= 0.3 is 12.0 Å². The number of rotatable bonds is 5. The lowest BCUT2D eigenvalue weighted by molar-refractivity contribution is 0.0694. The fraction of sp³-hybridized carbons (Fsp3) is 0.167. The third-order valence-corrected chi connectivity index (χ3v) is 2.53. The van der Waals surface area contributed by atoms with Crippen LogP contribution in [0.4, 0.5) is 10.5 Å². The molecule has 21 heavy (non-hydrogen) atoms. The molecule has 1 heterocycles. The van der Waals surface area contributed by atoms with Gasteiger partial charge in [-0.2, -0.15) is 4.98 Å². The molecule has 1 aromatic heterocycles. The van der Waals surface area contributed by atoms with Gasteiger partial charge < -0.3 is 25.4 Å². The first-order valence-corrected chi connectivity index (χ1v) is 5.92. The van der Waals surface area contributed by atoms with Gasteiger partial charge in [0.15, 0.2) is 5.82 Å². The van der Waals surface area contributed by atoms with Crippen LogP contribution < -0.4 is 10.6 Å². The number of carboxylic acids is 1. The molecular weight excluding hydrogens is 280 g/mol. The van der Waals surface area contributed by atoms with E-state index in [-0.39, 0.29) is 11.3 Å². The molecule has 0 radical (unpaired) electrons. The second-order valence-electron chi connectivity index (χ2n) is 4.02. The molecule has 0 aliphatic carbocycles. The highest BCUT2D eigenvalue weighted by Crippen LogP contribution is 2.21. The van der Waals surface area contributed by atoms with E-state index in [4.69, 9.17) is 5.11 Å². The Labute approximate surface area is 118 Å². The number of nitrogens with zero attached hydrogens (tertiary/aromatic N) is 2. The second kappa shape index (κ2) is 6.37. The number of aromatic nitrogens is 2. The highest BCUT2D eigenvalue weighted by Gasteiger charge is 2.10. The van der Waals surface area contributed by atoms with E-state index in [1.807, 2.05) is 0 Å². The molecule has 0 unspecified atom stereocenters. The summed E-state index contributed by atoms with van der Waals surface area (Å²) >= 11 is 0. The number of amides is 2. The van der Waals surface area contributed by atoms with E-state index < -0.39 is 17.7 Å². The quantitative estimate of drug-likeness (QED) is 0.640. The van der Waals surface area contributed by atoms with E-state index >= 15 is 0 Å². The van der Waals surface area contributed by atoms with E-state index in [2.05, 4.69) is 25.3 Å². The second-order valence-corrected chi connectivity index (χ2v) is 4.02. The smallest absolute Gasteiger partial charge is 0.339 e. The average molecular weight is 292 g/mol. The van der Waals surface area contributed by atoms with Crippen LogP contribution in [0.1, 0.15) is 16.2 Å².